The molecule has 2 rings (SSSR count). The van der Waals surface area contributed by atoms with Gasteiger partial charge in [-0.3, -0.25) is 0 Å². The first kappa shape index (κ1) is 12.1. The van der Waals surface area contributed by atoms with Crippen LogP contribution in [-0.4, -0.2) is 21.8 Å². The Hall–Kier alpha value is -2.37. The molecule has 0 spiro atoms. The number of rotatable bonds is 4. The molecule has 0 unspecified atom stereocenters. The maximum atomic E-state index is 10.9. The molecule has 94 valence electrons. The molecule has 1 aromatic heterocycles. The van der Waals surface area contributed by atoms with Crippen molar-refractivity contribution in [2.75, 3.05) is 7.11 Å². The summed E-state index contributed by atoms with van der Waals surface area (Å²) in [4.78, 5) is 10.4. The molecule has 0 bridgehead atoms. The minimum atomic E-state index is -0.486. The van der Waals surface area contributed by atoms with Gasteiger partial charge in [0.25, 0.3) is 0 Å². The van der Waals surface area contributed by atoms with E-state index in [4.69, 9.17) is 4.74 Å². The van der Waals surface area contributed by atoms with Crippen LogP contribution < -0.4 is 4.74 Å². The Labute approximate surface area is 104 Å². The second-order valence-electron chi connectivity index (χ2n) is 3.85. The van der Waals surface area contributed by atoms with Gasteiger partial charge in [0.2, 0.25) is 5.75 Å². The normalized spacial score (nSPS) is 10.3. The molecular weight excluding hydrogens is 234 g/mol. The number of hydrogen-bond donors (Lipinski definition) is 0. The third-order valence-electron chi connectivity index (χ3n) is 2.63. The van der Waals surface area contributed by atoms with Crippen LogP contribution in [0.4, 0.5) is 5.82 Å². The average molecular weight is 247 g/mol. The van der Waals surface area contributed by atoms with Crippen molar-refractivity contribution in [3.63, 3.8) is 0 Å². The molecule has 0 aliphatic carbocycles. The smallest absolute Gasteiger partial charge is 0.387 e. The molecule has 1 heterocycles. The van der Waals surface area contributed by atoms with Crippen molar-refractivity contribution in [2.45, 2.75) is 6.42 Å². The number of aryl methyl sites for hydroxylation is 1. The number of methoxy groups -OCH3 is 1. The van der Waals surface area contributed by atoms with Crippen LogP contribution >= 0.6 is 0 Å². The summed E-state index contributed by atoms with van der Waals surface area (Å²) in [7, 11) is 2.95. The molecule has 6 heteroatoms. The highest BCUT2D eigenvalue weighted by molar-refractivity contribution is 5.46. The molecule has 18 heavy (non-hydrogen) atoms. The quantitative estimate of drug-likeness (QED) is 0.611. The average Bonchev–Trinajstić information content (AvgIpc) is 2.66. The topological polar surface area (TPSA) is 70.2 Å². The Morgan fingerprint density at radius 1 is 1.39 bits per heavy atom. The molecule has 6 nitrogen and oxygen atoms in total. The molecule has 1 aromatic carbocycles. The first-order valence-electron chi connectivity index (χ1n) is 5.41. The summed E-state index contributed by atoms with van der Waals surface area (Å²) in [6, 6.07) is 9.64. The largest absolute Gasteiger partial charge is 0.488 e. The van der Waals surface area contributed by atoms with Crippen molar-refractivity contribution in [1.82, 2.24) is 9.78 Å². The van der Waals surface area contributed by atoms with Gasteiger partial charge in [-0.25, -0.2) is 0 Å². The highest BCUT2D eigenvalue weighted by Gasteiger charge is 2.26. The summed E-state index contributed by atoms with van der Waals surface area (Å²) in [6.45, 7) is 0. The molecule has 0 radical (unpaired) electrons. The van der Waals surface area contributed by atoms with Crippen LogP contribution in [-0.2, 0) is 13.5 Å². The van der Waals surface area contributed by atoms with E-state index in [0.29, 0.717) is 12.1 Å². The molecule has 0 amide bonds. The van der Waals surface area contributed by atoms with Gasteiger partial charge >= 0.3 is 5.82 Å². The summed E-state index contributed by atoms with van der Waals surface area (Å²) < 4.78 is 6.34. The van der Waals surface area contributed by atoms with Gasteiger partial charge in [0.05, 0.1) is 7.11 Å². The maximum Gasteiger partial charge on any atom is 0.387 e. The molecule has 0 saturated carbocycles. The molecule has 0 aliphatic heterocycles. The number of benzene rings is 1. The van der Waals surface area contributed by atoms with Crippen LogP contribution in [0.15, 0.2) is 30.3 Å². The lowest BCUT2D eigenvalue weighted by Crippen LogP contribution is -1.99. The van der Waals surface area contributed by atoms with E-state index in [-0.39, 0.29) is 11.6 Å². The van der Waals surface area contributed by atoms with E-state index >= 15 is 0 Å². The lowest BCUT2D eigenvalue weighted by atomic mass is 10.1. The Kier molecular flexibility index (Phi) is 3.27. The fourth-order valence-corrected chi connectivity index (χ4v) is 1.86. The zero-order chi connectivity index (χ0) is 13.1. The van der Waals surface area contributed by atoms with Gasteiger partial charge in [0.15, 0.2) is 0 Å². The number of nitro groups is 1. The fraction of sp³-hybridized carbons (Fsp3) is 0.250. The molecule has 0 saturated heterocycles. The summed E-state index contributed by atoms with van der Waals surface area (Å²) >= 11 is 0. The Bertz CT molecular complexity index is 563. The number of ether oxygens (including phenoxy) is 1. The summed E-state index contributed by atoms with van der Waals surface area (Å²) in [5.41, 5.74) is 1.60. The summed E-state index contributed by atoms with van der Waals surface area (Å²) in [5.74, 6) is 0.106. The lowest BCUT2D eigenvalue weighted by Gasteiger charge is -2.00. The first-order valence-corrected chi connectivity index (χ1v) is 5.41. The highest BCUT2D eigenvalue weighted by atomic mass is 16.6. The first-order chi connectivity index (χ1) is 8.63. The highest BCUT2D eigenvalue weighted by Crippen LogP contribution is 2.31. The monoisotopic (exact) mass is 247 g/mol. The third-order valence-corrected chi connectivity index (χ3v) is 2.63. The van der Waals surface area contributed by atoms with Crippen LogP contribution in [0.1, 0.15) is 11.3 Å². The van der Waals surface area contributed by atoms with Crippen molar-refractivity contribution < 1.29 is 9.66 Å². The van der Waals surface area contributed by atoms with Gasteiger partial charge < -0.3 is 14.9 Å². The van der Waals surface area contributed by atoms with Crippen molar-refractivity contribution in [3.05, 3.63) is 51.7 Å². The standard InChI is InChI=1S/C12H13N3O3/c1-14-12(15(16)17)11(18-2)10(13-14)8-9-6-4-3-5-7-9/h3-7H,8H2,1-2H3. The van der Waals surface area contributed by atoms with Crippen molar-refractivity contribution in [1.29, 1.82) is 0 Å². The zero-order valence-electron chi connectivity index (χ0n) is 10.2. The van der Waals surface area contributed by atoms with Crippen LogP contribution in [0.5, 0.6) is 5.75 Å². The van der Waals surface area contributed by atoms with Gasteiger partial charge in [-0.1, -0.05) is 35.4 Å². The number of hydrogen-bond acceptors (Lipinski definition) is 4. The van der Waals surface area contributed by atoms with Crippen LogP contribution in [0.2, 0.25) is 0 Å². The Morgan fingerprint density at radius 2 is 2.06 bits per heavy atom. The maximum absolute atomic E-state index is 10.9. The van der Waals surface area contributed by atoms with Crippen molar-refractivity contribution in [3.8, 4) is 5.75 Å². The van der Waals surface area contributed by atoms with E-state index in [0.717, 1.165) is 5.56 Å². The SMILES string of the molecule is COc1c(Cc2ccccc2)nn(C)c1[N+](=O)[O-]. The van der Waals surface area contributed by atoms with Gasteiger partial charge in [0, 0.05) is 6.42 Å². The second kappa shape index (κ2) is 4.87. The third kappa shape index (κ3) is 2.17. The van der Waals surface area contributed by atoms with Crippen LogP contribution in [0, 0.1) is 10.1 Å². The number of aromatic nitrogens is 2. The minimum Gasteiger partial charge on any atom is -0.488 e. The minimum absolute atomic E-state index is 0.122. The fourth-order valence-electron chi connectivity index (χ4n) is 1.86. The Morgan fingerprint density at radius 3 is 2.61 bits per heavy atom. The van der Waals surface area contributed by atoms with E-state index < -0.39 is 4.92 Å². The molecular formula is C12H13N3O3. The van der Waals surface area contributed by atoms with Gasteiger partial charge in [0.1, 0.15) is 12.7 Å². The van der Waals surface area contributed by atoms with Gasteiger partial charge in [-0.2, -0.15) is 0 Å². The number of nitrogens with zero attached hydrogens (tertiary/aromatic N) is 3. The van der Waals surface area contributed by atoms with E-state index in [1.54, 1.807) is 0 Å². The van der Waals surface area contributed by atoms with Crippen molar-refractivity contribution >= 4 is 5.82 Å². The molecule has 0 atom stereocenters. The van der Waals surface area contributed by atoms with Gasteiger partial charge in [-0.15, -0.1) is 4.68 Å². The van der Waals surface area contributed by atoms with Crippen LogP contribution in [0.3, 0.4) is 0 Å². The summed E-state index contributed by atoms with van der Waals surface area (Å²) in [5, 5.41) is 15.1. The van der Waals surface area contributed by atoms with E-state index in [9.17, 15) is 10.1 Å². The van der Waals surface area contributed by atoms with E-state index in [2.05, 4.69) is 5.10 Å². The lowest BCUT2D eigenvalue weighted by molar-refractivity contribution is -0.393. The van der Waals surface area contributed by atoms with Crippen molar-refractivity contribution in [2.24, 2.45) is 7.05 Å². The van der Waals surface area contributed by atoms with Crippen LogP contribution in [0.25, 0.3) is 0 Å². The Balaban J connectivity index is 2.40. The zero-order valence-corrected chi connectivity index (χ0v) is 10.2. The molecule has 2 aromatic rings. The second-order valence-corrected chi connectivity index (χ2v) is 3.85. The molecule has 0 N–H and O–H groups in total. The summed E-state index contributed by atoms with van der Waals surface area (Å²) in [6.07, 6.45) is 0.506. The predicted molar refractivity (Wildman–Crippen MR) is 65.7 cm³/mol. The predicted octanol–water partition coefficient (Wildman–Crippen LogP) is 1.93. The van der Waals surface area contributed by atoms with Gasteiger partial charge in [-0.05, 0) is 10.5 Å². The molecule has 0 fully saturated rings. The molecule has 0 aliphatic rings. The van der Waals surface area contributed by atoms with E-state index in [1.807, 2.05) is 30.3 Å². The van der Waals surface area contributed by atoms with E-state index in [1.165, 1.54) is 18.8 Å².